The van der Waals surface area contributed by atoms with E-state index in [0.717, 1.165) is 16.8 Å². The Morgan fingerprint density at radius 2 is 1.79 bits per heavy atom. The molecule has 128 valence electrons. The summed E-state index contributed by atoms with van der Waals surface area (Å²) in [4.78, 5) is 0.299. The van der Waals surface area contributed by atoms with Crippen molar-refractivity contribution in [1.29, 1.82) is 0 Å². The van der Waals surface area contributed by atoms with E-state index in [1.165, 1.54) is 6.26 Å². The summed E-state index contributed by atoms with van der Waals surface area (Å²) >= 11 is 11.4. The molecule has 0 saturated heterocycles. The zero-order valence-electron chi connectivity index (χ0n) is 13.6. The van der Waals surface area contributed by atoms with E-state index in [2.05, 4.69) is 10.6 Å². The highest BCUT2D eigenvalue weighted by Crippen LogP contribution is 2.20. The van der Waals surface area contributed by atoms with E-state index >= 15 is 0 Å². The largest absolute Gasteiger partial charge is 0.356 e. The van der Waals surface area contributed by atoms with Gasteiger partial charge in [0.15, 0.2) is 14.9 Å². The molecule has 2 aromatic carbocycles. The quantitative estimate of drug-likeness (QED) is 0.779. The summed E-state index contributed by atoms with van der Waals surface area (Å²) in [5, 5.41) is 7.39. The van der Waals surface area contributed by atoms with Crippen molar-refractivity contribution in [2.45, 2.75) is 24.8 Å². The van der Waals surface area contributed by atoms with Crippen LogP contribution in [0.4, 0.5) is 5.69 Å². The number of benzene rings is 2. The van der Waals surface area contributed by atoms with Crippen LogP contribution in [-0.2, 0) is 9.84 Å². The van der Waals surface area contributed by atoms with Crippen LogP contribution in [0.1, 0.15) is 24.1 Å². The summed E-state index contributed by atoms with van der Waals surface area (Å²) in [6.07, 6.45) is 1.19. The Labute approximate surface area is 153 Å². The molecule has 4 nitrogen and oxygen atoms in total. The molecule has 0 spiro atoms. The SMILES string of the molecule is Cc1ccc(NC(=S)N[C@@H](C)c2ccc(S(C)(=O)=O)cc2)cc1Cl. The second kappa shape index (κ2) is 7.51. The Morgan fingerprint density at radius 1 is 1.17 bits per heavy atom. The minimum atomic E-state index is -3.19. The Hall–Kier alpha value is -1.63. The lowest BCUT2D eigenvalue weighted by Gasteiger charge is -2.18. The van der Waals surface area contributed by atoms with E-state index in [-0.39, 0.29) is 6.04 Å². The Balaban J connectivity index is 2.01. The molecule has 0 aliphatic carbocycles. The van der Waals surface area contributed by atoms with E-state index in [4.69, 9.17) is 23.8 Å². The molecular formula is C17H19ClN2O2S2. The molecule has 0 radical (unpaired) electrons. The third-order valence-corrected chi connectivity index (χ3v) is 5.34. The van der Waals surface area contributed by atoms with E-state index in [1.54, 1.807) is 24.3 Å². The first-order chi connectivity index (χ1) is 11.2. The molecule has 0 bridgehead atoms. The van der Waals surface area contributed by atoms with Gasteiger partial charge >= 0.3 is 0 Å². The van der Waals surface area contributed by atoms with E-state index in [1.807, 2.05) is 32.0 Å². The molecule has 0 amide bonds. The smallest absolute Gasteiger partial charge is 0.175 e. The first-order valence-electron chi connectivity index (χ1n) is 7.30. The highest BCUT2D eigenvalue weighted by atomic mass is 35.5. The maximum absolute atomic E-state index is 11.5. The molecule has 2 rings (SSSR count). The van der Waals surface area contributed by atoms with Crippen molar-refractivity contribution in [2.75, 3.05) is 11.6 Å². The Bertz CT molecular complexity index is 849. The van der Waals surface area contributed by atoms with Gasteiger partial charge < -0.3 is 10.6 Å². The fraction of sp³-hybridized carbons (Fsp3) is 0.235. The minimum Gasteiger partial charge on any atom is -0.356 e. The number of hydrogen-bond donors (Lipinski definition) is 2. The van der Waals surface area contributed by atoms with Gasteiger partial charge in [0.2, 0.25) is 0 Å². The molecule has 0 aliphatic rings. The third kappa shape index (κ3) is 4.93. The average molecular weight is 383 g/mol. The first kappa shape index (κ1) is 18.7. The molecule has 24 heavy (non-hydrogen) atoms. The molecule has 0 aromatic heterocycles. The number of thiocarbonyl (C=S) groups is 1. The van der Waals surface area contributed by atoms with Gasteiger partial charge in [-0.05, 0) is 61.5 Å². The van der Waals surface area contributed by atoms with Gasteiger partial charge in [0.1, 0.15) is 0 Å². The van der Waals surface area contributed by atoms with E-state index in [0.29, 0.717) is 15.0 Å². The summed E-state index contributed by atoms with van der Waals surface area (Å²) < 4.78 is 23.0. The molecule has 0 unspecified atom stereocenters. The first-order valence-corrected chi connectivity index (χ1v) is 9.98. The lowest BCUT2D eigenvalue weighted by Crippen LogP contribution is -2.30. The normalized spacial score (nSPS) is 12.5. The zero-order chi connectivity index (χ0) is 17.9. The Kier molecular flexibility index (Phi) is 5.85. The fourth-order valence-corrected chi connectivity index (χ4v) is 3.23. The van der Waals surface area contributed by atoms with Crippen molar-refractivity contribution >= 4 is 44.5 Å². The molecule has 7 heteroatoms. The maximum Gasteiger partial charge on any atom is 0.175 e. The molecule has 0 heterocycles. The van der Waals surface area contributed by atoms with Crippen LogP contribution < -0.4 is 10.6 Å². The van der Waals surface area contributed by atoms with Crippen molar-refractivity contribution in [3.63, 3.8) is 0 Å². The van der Waals surface area contributed by atoms with Gasteiger partial charge in [0, 0.05) is 17.0 Å². The van der Waals surface area contributed by atoms with Crippen molar-refractivity contribution < 1.29 is 8.42 Å². The maximum atomic E-state index is 11.5. The summed E-state index contributed by atoms with van der Waals surface area (Å²) in [5.41, 5.74) is 2.75. The molecule has 2 aromatic rings. The number of rotatable bonds is 4. The van der Waals surface area contributed by atoms with Crippen LogP contribution >= 0.6 is 23.8 Å². The molecule has 0 fully saturated rings. The predicted molar refractivity (Wildman–Crippen MR) is 104 cm³/mol. The van der Waals surface area contributed by atoms with Crippen LogP contribution in [0.5, 0.6) is 0 Å². The van der Waals surface area contributed by atoms with Crippen LogP contribution in [-0.4, -0.2) is 19.8 Å². The lowest BCUT2D eigenvalue weighted by molar-refractivity contribution is 0.601. The van der Waals surface area contributed by atoms with Crippen molar-refractivity contribution in [1.82, 2.24) is 5.32 Å². The summed E-state index contributed by atoms with van der Waals surface area (Å²) in [6, 6.07) is 12.3. The van der Waals surface area contributed by atoms with Gasteiger partial charge in [-0.15, -0.1) is 0 Å². The highest BCUT2D eigenvalue weighted by Gasteiger charge is 2.10. The number of aryl methyl sites for hydroxylation is 1. The van der Waals surface area contributed by atoms with Crippen LogP contribution in [0.15, 0.2) is 47.4 Å². The van der Waals surface area contributed by atoms with Gasteiger partial charge in [-0.3, -0.25) is 0 Å². The molecule has 0 aliphatic heterocycles. The van der Waals surface area contributed by atoms with Crippen molar-refractivity contribution in [3.05, 3.63) is 58.6 Å². The number of halogens is 1. The van der Waals surface area contributed by atoms with Crippen LogP contribution in [0.2, 0.25) is 5.02 Å². The summed E-state index contributed by atoms with van der Waals surface area (Å²) in [7, 11) is -3.19. The topological polar surface area (TPSA) is 58.2 Å². The van der Waals surface area contributed by atoms with E-state index in [9.17, 15) is 8.42 Å². The van der Waals surface area contributed by atoms with Crippen LogP contribution in [0, 0.1) is 6.92 Å². The third-order valence-electron chi connectivity index (χ3n) is 3.59. The number of hydrogen-bond acceptors (Lipinski definition) is 3. The van der Waals surface area contributed by atoms with Gasteiger partial charge in [-0.2, -0.15) is 0 Å². The second-order valence-electron chi connectivity index (χ2n) is 5.63. The summed E-state index contributed by atoms with van der Waals surface area (Å²) in [6.45, 7) is 3.89. The predicted octanol–water partition coefficient (Wildman–Crippen LogP) is 4.10. The van der Waals surface area contributed by atoms with Crippen molar-refractivity contribution in [3.8, 4) is 0 Å². The fourth-order valence-electron chi connectivity index (χ4n) is 2.12. The van der Waals surface area contributed by atoms with Gasteiger partial charge in [-0.1, -0.05) is 29.8 Å². The monoisotopic (exact) mass is 382 g/mol. The minimum absolute atomic E-state index is 0.0699. The number of anilines is 1. The standard InChI is InChI=1S/C17H19ClN2O2S2/c1-11-4-7-14(10-16(11)18)20-17(23)19-12(2)13-5-8-15(9-6-13)24(3,21)22/h4-10,12H,1-3H3,(H2,19,20,23)/t12-/m0/s1. The number of sulfone groups is 1. The van der Waals surface area contributed by atoms with Crippen molar-refractivity contribution in [2.24, 2.45) is 0 Å². The molecular weight excluding hydrogens is 364 g/mol. The Morgan fingerprint density at radius 3 is 2.33 bits per heavy atom. The second-order valence-corrected chi connectivity index (χ2v) is 8.46. The van der Waals surface area contributed by atoms with Crippen LogP contribution in [0.3, 0.4) is 0 Å². The average Bonchev–Trinajstić information content (AvgIpc) is 2.50. The lowest BCUT2D eigenvalue weighted by atomic mass is 10.1. The van der Waals surface area contributed by atoms with Gasteiger partial charge in [0.25, 0.3) is 0 Å². The highest BCUT2D eigenvalue weighted by molar-refractivity contribution is 7.90. The molecule has 0 saturated carbocycles. The van der Waals surface area contributed by atoms with E-state index < -0.39 is 9.84 Å². The summed E-state index contributed by atoms with van der Waals surface area (Å²) in [5.74, 6) is 0. The zero-order valence-corrected chi connectivity index (χ0v) is 16.0. The molecule has 2 N–H and O–H groups in total. The van der Waals surface area contributed by atoms with Crippen LogP contribution in [0.25, 0.3) is 0 Å². The van der Waals surface area contributed by atoms with Gasteiger partial charge in [-0.25, -0.2) is 8.42 Å². The number of nitrogens with one attached hydrogen (secondary N) is 2. The molecule has 1 atom stereocenters. The van der Waals surface area contributed by atoms with Gasteiger partial charge in [0.05, 0.1) is 10.9 Å².